The van der Waals surface area contributed by atoms with E-state index in [9.17, 15) is 19.7 Å². The number of nitro groups is 1. The molecule has 0 aliphatic carbocycles. The highest BCUT2D eigenvalue weighted by atomic mass is 16.6. The number of urea groups is 1. The topological polar surface area (TPSA) is 131 Å². The second-order valence-electron chi connectivity index (χ2n) is 6.21. The SMILES string of the molecule is CN(Cc1ccccc1)C(=O)NCCCNc1ccc(C(N)=O)cc1[N+](=O)[O-]. The smallest absolute Gasteiger partial charge is 0.317 e. The molecule has 2 rings (SSSR count). The third-order valence-electron chi connectivity index (χ3n) is 4.03. The summed E-state index contributed by atoms with van der Waals surface area (Å²) in [5, 5.41) is 16.9. The van der Waals surface area contributed by atoms with Crippen LogP contribution in [0.1, 0.15) is 22.3 Å². The Bertz CT molecular complexity index is 841. The summed E-state index contributed by atoms with van der Waals surface area (Å²) in [7, 11) is 1.71. The van der Waals surface area contributed by atoms with Crippen LogP contribution in [0.5, 0.6) is 0 Å². The van der Waals surface area contributed by atoms with Gasteiger partial charge in [0.15, 0.2) is 0 Å². The molecule has 0 bridgehead atoms. The van der Waals surface area contributed by atoms with E-state index in [0.29, 0.717) is 31.7 Å². The van der Waals surface area contributed by atoms with Gasteiger partial charge < -0.3 is 21.3 Å². The lowest BCUT2D eigenvalue weighted by Crippen LogP contribution is -2.37. The molecule has 0 aliphatic rings. The number of nitro benzene ring substituents is 1. The van der Waals surface area contributed by atoms with Crippen molar-refractivity contribution in [3.8, 4) is 0 Å². The predicted octanol–water partition coefficient (Wildman–Crippen LogP) is 2.34. The molecule has 0 spiro atoms. The van der Waals surface area contributed by atoms with Crippen molar-refractivity contribution < 1.29 is 14.5 Å². The molecule has 0 unspecified atom stereocenters. The molecule has 0 saturated carbocycles. The van der Waals surface area contributed by atoms with Gasteiger partial charge in [-0.3, -0.25) is 14.9 Å². The number of primary amides is 1. The quantitative estimate of drug-likeness (QED) is 0.346. The molecular weight excluding hydrogens is 362 g/mol. The fourth-order valence-corrected chi connectivity index (χ4v) is 2.56. The molecule has 9 nitrogen and oxygen atoms in total. The Balaban J connectivity index is 1.77. The average molecular weight is 385 g/mol. The van der Waals surface area contributed by atoms with E-state index in [1.807, 2.05) is 30.3 Å². The molecule has 0 atom stereocenters. The lowest BCUT2D eigenvalue weighted by Gasteiger charge is -2.18. The van der Waals surface area contributed by atoms with Crippen LogP contribution >= 0.6 is 0 Å². The summed E-state index contributed by atoms with van der Waals surface area (Å²) >= 11 is 0. The van der Waals surface area contributed by atoms with Crippen LogP contribution in [0, 0.1) is 10.1 Å². The summed E-state index contributed by atoms with van der Waals surface area (Å²) in [6, 6.07) is 13.5. The first-order valence-electron chi connectivity index (χ1n) is 8.73. The molecule has 28 heavy (non-hydrogen) atoms. The van der Waals surface area contributed by atoms with Gasteiger partial charge in [-0.15, -0.1) is 0 Å². The van der Waals surface area contributed by atoms with Crippen molar-refractivity contribution in [3.63, 3.8) is 0 Å². The molecule has 0 saturated heterocycles. The molecule has 9 heteroatoms. The van der Waals surface area contributed by atoms with Crippen molar-refractivity contribution in [1.82, 2.24) is 10.2 Å². The monoisotopic (exact) mass is 385 g/mol. The molecule has 2 aromatic carbocycles. The maximum absolute atomic E-state index is 12.1. The second-order valence-corrected chi connectivity index (χ2v) is 6.21. The Hall–Kier alpha value is -3.62. The zero-order valence-electron chi connectivity index (χ0n) is 15.6. The van der Waals surface area contributed by atoms with Gasteiger partial charge in [-0.2, -0.15) is 0 Å². The molecule has 3 amide bonds. The number of carbonyl (C=O) groups is 2. The molecule has 0 heterocycles. The van der Waals surface area contributed by atoms with Crippen LogP contribution < -0.4 is 16.4 Å². The van der Waals surface area contributed by atoms with E-state index < -0.39 is 10.8 Å². The van der Waals surface area contributed by atoms with Crippen LogP contribution in [-0.4, -0.2) is 41.9 Å². The van der Waals surface area contributed by atoms with Gasteiger partial charge in [0.25, 0.3) is 5.69 Å². The maximum atomic E-state index is 12.1. The number of rotatable bonds is 9. The number of benzene rings is 2. The molecule has 0 radical (unpaired) electrons. The van der Waals surface area contributed by atoms with Gasteiger partial charge in [-0.25, -0.2) is 4.79 Å². The zero-order valence-corrected chi connectivity index (χ0v) is 15.6. The lowest BCUT2D eigenvalue weighted by atomic mass is 10.1. The predicted molar refractivity (Wildman–Crippen MR) is 106 cm³/mol. The summed E-state index contributed by atoms with van der Waals surface area (Å²) in [5.74, 6) is -0.725. The number of nitrogens with two attached hydrogens (primary N) is 1. The third-order valence-corrected chi connectivity index (χ3v) is 4.03. The van der Waals surface area contributed by atoms with Crippen LogP contribution in [0.25, 0.3) is 0 Å². The maximum Gasteiger partial charge on any atom is 0.317 e. The Kier molecular flexibility index (Phi) is 7.32. The Morgan fingerprint density at radius 3 is 2.50 bits per heavy atom. The van der Waals surface area contributed by atoms with E-state index in [-0.39, 0.29) is 17.3 Å². The second kappa shape index (κ2) is 9.91. The van der Waals surface area contributed by atoms with E-state index in [4.69, 9.17) is 5.73 Å². The van der Waals surface area contributed by atoms with Crippen LogP contribution in [0.4, 0.5) is 16.2 Å². The fourth-order valence-electron chi connectivity index (χ4n) is 2.56. The molecular formula is C19H23N5O4. The Morgan fingerprint density at radius 2 is 1.86 bits per heavy atom. The minimum atomic E-state index is -0.725. The van der Waals surface area contributed by atoms with E-state index in [2.05, 4.69) is 10.6 Å². The van der Waals surface area contributed by atoms with Gasteiger partial charge in [-0.05, 0) is 24.1 Å². The molecule has 148 valence electrons. The highest BCUT2D eigenvalue weighted by Crippen LogP contribution is 2.25. The standard InChI is InChI=1S/C19H23N5O4/c1-23(13-14-6-3-2-4-7-14)19(26)22-11-5-10-21-16-9-8-15(18(20)25)12-17(16)24(27)28/h2-4,6-9,12,21H,5,10-11,13H2,1H3,(H2,20,25)(H,22,26). The van der Waals surface area contributed by atoms with Gasteiger partial charge in [0.1, 0.15) is 5.69 Å². The number of hydrogen-bond acceptors (Lipinski definition) is 5. The van der Waals surface area contributed by atoms with Gasteiger partial charge in [0, 0.05) is 38.3 Å². The summed E-state index contributed by atoms with van der Waals surface area (Å²) in [6.45, 7) is 1.33. The first kappa shape index (κ1) is 20.7. The molecule has 2 aromatic rings. The van der Waals surface area contributed by atoms with Crippen LogP contribution in [0.3, 0.4) is 0 Å². The molecule has 4 N–H and O–H groups in total. The Morgan fingerprint density at radius 1 is 1.14 bits per heavy atom. The number of amides is 3. The average Bonchev–Trinajstić information content (AvgIpc) is 2.68. The minimum absolute atomic E-state index is 0.0750. The van der Waals surface area contributed by atoms with E-state index in [0.717, 1.165) is 11.6 Å². The van der Waals surface area contributed by atoms with E-state index >= 15 is 0 Å². The van der Waals surface area contributed by atoms with Gasteiger partial charge in [0.05, 0.1) is 4.92 Å². The van der Waals surface area contributed by atoms with Crippen molar-refractivity contribution in [1.29, 1.82) is 0 Å². The van der Waals surface area contributed by atoms with Crippen LogP contribution in [0.2, 0.25) is 0 Å². The number of carbonyl (C=O) groups excluding carboxylic acids is 2. The largest absolute Gasteiger partial charge is 0.379 e. The first-order valence-corrected chi connectivity index (χ1v) is 8.73. The van der Waals surface area contributed by atoms with Crippen molar-refractivity contribution >= 4 is 23.3 Å². The Labute approximate surface area is 162 Å². The van der Waals surface area contributed by atoms with Crippen LogP contribution in [0.15, 0.2) is 48.5 Å². The number of hydrogen-bond donors (Lipinski definition) is 3. The van der Waals surface area contributed by atoms with Crippen LogP contribution in [-0.2, 0) is 6.54 Å². The lowest BCUT2D eigenvalue weighted by molar-refractivity contribution is -0.384. The highest BCUT2D eigenvalue weighted by Gasteiger charge is 2.16. The highest BCUT2D eigenvalue weighted by molar-refractivity contribution is 5.94. The summed E-state index contributed by atoms with van der Waals surface area (Å²) in [4.78, 5) is 35.4. The van der Waals surface area contributed by atoms with Crippen molar-refractivity contribution in [2.45, 2.75) is 13.0 Å². The molecule has 0 fully saturated rings. The molecule has 0 aromatic heterocycles. The van der Waals surface area contributed by atoms with Gasteiger partial charge in [0.2, 0.25) is 5.91 Å². The molecule has 0 aliphatic heterocycles. The first-order chi connectivity index (χ1) is 13.4. The fraction of sp³-hybridized carbons (Fsp3) is 0.263. The van der Waals surface area contributed by atoms with Gasteiger partial charge >= 0.3 is 6.03 Å². The zero-order chi connectivity index (χ0) is 20.5. The number of anilines is 1. The van der Waals surface area contributed by atoms with Gasteiger partial charge in [-0.1, -0.05) is 30.3 Å². The summed E-state index contributed by atoms with van der Waals surface area (Å²) in [6.07, 6.45) is 0.569. The third kappa shape index (κ3) is 5.97. The normalized spacial score (nSPS) is 10.2. The van der Waals surface area contributed by atoms with Crippen molar-refractivity contribution in [2.24, 2.45) is 5.73 Å². The van der Waals surface area contributed by atoms with E-state index in [1.54, 1.807) is 11.9 Å². The minimum Gasteiger partial charge on any atom is -0.379 e. The van der Waals surface area contributed by atoms with Crippen molar-refractivity contribution in [3.05, 3.63) is 69.8 Å². The number of nitrogens with one attached hydrogen (secondary N) is 2. The summed E-state index contributed by atoms with van der Waals surface area (Å²) in [5.41, 5.74) is 6.33. The van der Waals surface area contributed by atoms with Crippen molar-refractivity contribution in [2.75, 3.05) is 25.5 Å². The number of nitrogens with zero attached hydrogens (tertiary/aromatic N) is 2. The summed E-state index contributed by atoms with van der Waals surface area (Å²) < 4.78 is 0. The van der Waals surface area contributed by atoms with E-state index in [1.165, 1.54) is 12.1 Å².